The molecule has 7 heteroatoms. The Morgan fingerprint density at radius 2 is 2.17 bits per heavy atom. The summed E-state index contributed by atoms with van der Waals surface area (Å²) in [6.45, 7) is 3.54. The summed E-state index contributed by atoms with van der Waals surface area (Å²) in [7, 11) is 0. The highest BCUT2D eigenvalue weighted by atomic mass is 19.4. The molecule has 0 unspecified atom stereocenters. The van der Waals surface area contributed by atoms with Crippen LogP contribution in [0.2, 0.25) is 0 Å². The van der Waals surface area contributed by atoms with Gasteiger partial charge in [-0.15, -0.1) is 0 Å². The van der Waals surface area contributed by atoms with E-state index in [1.807, 2.05) is 30.0 Å². The molecular weight excluding hydrogens is 307 g/mol. The van der Waals surface area contributed by atoms with E-state index < -0.39 is 24.5 Å². The van der Waals surface area contributed by atoms with Crippen LogP contribution in [0.1, 0.15) is 25.5 Å². The summed E-state index contributed by atoms with van der Waals surface area (Å²) in [6, 6.07) is 5.65. The SMILES string of the molecule is CCN(CC(F)(F)F)C(=O)[C@@H]1CCCN(c2cccc(C)n2)C1. The predicted molar refractivity (Wildman–Crippen MR) is 82.2 cm³/mol. The van der Waals surface area contributed by atoms with E-state index in [1.54, 1.807) is 6.92 Å². The van der Waals surface area contributed by atoms with E-state index in [1.165, 1.54) is 0 Å². The second kappa shape index (κ2) is 7.19. The van der Waals surface area contributed by atoms with Crippen molar-refractivity contribution in [2.75, 3.05) is 31.1 Å². The normalized spacial score (nSPS) is 18.8. The Hall–Kier alpha value is -1.79. The second-order valence-corrected chi connectivity index (χ2v) is 5.89. The minimum absolute atomic E-state index is 0.0670. The number of nitrogens with zero attached hydrogens (tertiary/aromatic N) is 3. The molecule has 0 aliphatic carbocycles. The van der Waals surface area contributed by atoms with Crippen molar-refractivity contribution < 1.29 is 18.0 Å². The van der Waals surface area contributed by atoms with Crippen LogP contribution in [0.15, 0.2) is 18.2 Å². The summed E-state index contributed by atoms with van der Waals surface area (Å²) >= 11 is 0. The summed E-state index contributed by atoms with van der Waals surface area (Å²) < 4.78 is 37.8. The number of anilines is 1. The summed E-state index contributed by atoms with van der Waals surface area (Å²) in [5, 5.41) is 0. The van der Waals surface area contributed by atoms with Gasteiger partial charge in [0.15, 0.2) is 0 Å². The topological polar surface area (TPSA) is 36.4 Å². The summed E-state index contributed by atoms with van der Waals surface area (Å²) in [4.78, 5) is 19.8. The lowest BCUT2D eigenvalue weighted by Gasteiger charge is -2.35. The monoisotopic (exact) mass is 329 g/mol. The lowest BCUT2D eigenvalue weighted by Crippen LogP contribution is -2.47. The first-order chi connectivity index (χ1) is 10.8. The Kier molecular flexibility index (Phi) is 5.49. The molecule has 1 aromatic rings. The van der Waals surface area contributed by atoms with Gasteiger partial charge in [0, 0.05) is 25.3 Å². The first kappa shape index (κ1) is 17.6. The highest BCUT2D eigenvalue weighted by molar-refractivity contribution is 5.79. The molecule has 23 heavy (non-hydrogen) atoms. The van der Waals surface area contributed by atoms with Gasteiger partial charge in [0.05, 0.1) is 5.92 Å². The predicted octanol–water partition coefficient (Wildman–Crippen LogP) is 3.02. The van der Waals surface area contributed by atoms with Crippen LogP contribution in [0, 0.1) is 12.8 Å². The van der Waals surface area contributed by atoms with Gasteiger partial charge in [0.2, 0.25) is 5.91 Å². The molecule has 0 radical (unpaired) electrons. The molecule has 1 aliphatic heterocycles. The smallest absolute Gasteiger partial charge is 0.356 e. The average molecular weight is 329 g/mol. The average Bonchev–Trinajstić information content (AvgIpc) is 2.51. The summed E-state index contributed by atoms with van der Waals surface area (Å²) in [5.74, 6) is -0.0445. The molecule has 1 fully saturated rings. The highest BCUT2D eigenvalue weighted by Gasteiger charge is 2.36. The van der Waals surface area contributed by atoms with Gasteiger partial charge < -0.3 is 9.80 Å². The Morgan fingerprint density at radius 3 is 2.78 bits per heavy atom. The van der Waals surface area contributed by atoms with Crippen LogP contribution in [0.5, 0.6) is 0 Å². The van der Waals surface area contributed by atoms with Crippen molar-refractivity contribution >= 4 is 11.7 Å². The number of aryl methyl sites for hydroxylation is 1. The molecule has 0 spiro atoms. The van der Waals surface area contributed by atoms with Crippen molar-refractivity contribution in [3.8, 4) is 0 Å². The molecule has 0 aromatic carbocycles. The Labute approximate surface area is 134 Å². The van der Waals surface area contributed by atoms with Gasteiger partial charge in [-0.3, -0.25) is 4.79 Å². The molecule has 2 heterocycles. The Morgan fingerprint density at radius 1 is 1.43 bits per heavy atom. The number of carbonyl (C=O) groups excluding carboxylic acids is 1. The molecule has 1 atom stereocenters. The molecule has 0 bridgehead atoms. The zero-order valence-corrected chi connectivity index (χ0v) is 13.4. The first-order valence-corrected chi connectivity index (χ1v) is 7.84. The van der Waals surface area contributed by atoms with E-state index in [9.17, 15) is 18.0 Å². The first-order valence-electron chi connectivity index (χ1n) is 7.84. The maximum Gasteiger partial charge on any atom is 0.406 e. The van der Waals surface area contributed by atoms with Gasteiger partial charge in [-0.2, -0.15) is 13.2 Å². The molecule has 0 N–H and O–H groups in total. The molecule has 1 saturated heterocycles. The van der Waals surface area contributed by atoms with Crippen LogP contribution in [0.4, 0.5) is 19.0 Å². The number of hydrogen-bond donors (Lipinski definition) is 0. The van der Waals surface area contributed by atoms with Crippen LogP contribution < -0.4 is 4.90 Å². The van der Waals surface area contributed by atoms with Crippen molar-refractivity contribution in [3.05, 3.63) is 23.9 Å². The minimum Gasteiger partial charge on any atom is -0.356 e. The fourth-order valence-corrected chi connectivity index (χ4v) is 2.91. The number of halogens is 3. The number of amides is 1. The zero-order chi connectivity index (χ0) is 17.0. The number of aromatic nitrogens is 1. The third-order valence-corrected chi connectivity index (χ3v) is 4.03. The molecular formula is C16H22F3N3O. The van der Waals surface area contributed by atoms with E-state index in [0.29, 0.717) is 13.0 Å². The molecule has 128 valence electrons. The van der Waals surface area contributed by atoms with Gasteiger partial charge in [-0.1, -0.05) is 6.07 Å². The standard InChI is InChI=1S/C16H22F3N3O/c1-3-21(11-16(17,18)19)15(23)13-7-5-9-22(10-13)14-8-4-6-12(2)20-14/h4,6,8,13H,3,5,7,9-11H2,1-2H3/t13-/m1/s1. The number of pyridine rings is 1. The maximum absolute atomic E-state index is 12.6. The lowest BCUT2D eigenvalue weighted by molar-refractivity contribution is -0.163. The van der Waals surface area contributed by atoms with Gasteiger partial charge in [-0.05, 0) is 38.8 Å². The van der Waals surface area contributed by atoms with E-state index >= 15 is 0 Å². The fourth-order valence-electron chi connectivity index (χ4n) is 2.91. The van der Waals surface area contributed by atoms with Crippen LogP contribution in [-0.2, 0) is 4.79 Å². The quantitative estimate of drug-likeness (QED) is 0.852. The third kappa shape index (κ3) is 4.84. The summed E-state index contributed by atoms with van der Waals surface area (Å²) in [6.07, 6.45) is -2.97. The zero-order valence-electron chi connectivity index (χ0n) is 13.4. The molecule has 2 rings (SSSR count). The van der Waals surface area contributed by atoms with E-state index in [2.05, 4.69) is 4.98 Å². The van der Waals surface area contributed by atoms with E-state index in [4.69, 9.17) is 0 Å². The van der Waals surface area contributed by atoms with Crippen molar-refractivity contribution in [1.82, 2.24) is 9.88 Å². The van der Waals surface area contributed by atoms with Crippen LogP contribution >= 0.6 is 0 Å². The van der Waals surface area contributed by atoms with Gasteiger partial charge in [-0.25, -0.2) is 4.98 Å². The highest BCUT2D eigenvalue weighted by Crippen LogP contribution is 2.25. The number of rotatable bonds is 4. The maximum atomic E-state index is 12.6. The number of hydrogen-bond acceptors (Lipinski definition) is 3. The Balaban J connectivity index is 2.06. The number of piperidine rings is 1. The largest absolute Gasteiger partial charge is 0.406 e. The van der Waals surface area contributed by atoms with Gasteiger partial charge in [0.25, 0.3) is 0 Å². The summed E-state index contributed by atoms with van der Waals surface area (Å²) in [5.41, 5.74) is 0.878. The van der Waals surface area contributed by atoms with Gasteiger partial charge >= 0.3 is 6.18 Å². The van der Waals surface area contributed by atoms with Crippen LogP contribution in [-0.4, -0.2) is 48.1 Å². The van der Waals surface area contributed by atoms with E-state index in [0.717, 1.165) is 29.4 Å². The molecule has 4 nitrogen and oxygen atoms in total. The van der Waals surface area contributed by atoms with Crippen molar-refractivity contribution in [2.45, 2.75) is 32.9 Å². The van der Waals surface area contributed by atoms with Crippen molar-refractivity contribution in [2.24, 2.45) is 5.92 Å². The van der Waals surface area contributed by atoms with Crippen LogP contribution in [0.3, 0.4) is 0 Å². The van der Waals surface area contributed by atoms with Crippen molar-refractivity contribution in [3.63, 3.8) is 0 Å². The molecule has 1 aromatic heterocycles. The fraction of sp³-hybridized carbons (Fsp3) is 0.625. The number of carbonyl (C=O) groups is 1. The van der Waals surface area contributed by atoms with Crippen LogP contribution in [0.25, 0.3) is 0 Å². The Bertz CT molecular complexity index is 548. The minimum atomic E-state index is -4.36. The number of alkyl halides is 3. The molecule has 1 aliphatic rings. The van der Waals surface area contributed by atoms with Crippen molar-refractivity contribution in [1.29, 1.82) is 0 Å². The van der Waals surface area contributed by atoms with Gasteiger partial charge in [0.1, 0.15) is 12.4 Å². The van der Waals surface area contributed by atoms with E-state index in [-0.39, 0.29) is 6.54 Å². The third-order valence-electron chi connectivity index (χ3n) is 4.03. The lowest BCUT2D eigenvalue weighted by atomic mass is 9.96. The second-order valence-electron chi connectivity index (χ2n) is 5.89. The molecule has 0 saturated carbocycles. The molecule has 1 amide bonds.